The highest BCUT2D eigenvalue weighted by Crippen LogP contribution is 2.22. The van der Waals surface area contributed by atoms with Gasteiger partial charge in [0.25, 0.3) is 15.9 Å². The Bertz CT molecular complexity index is 1330. The molecule has 2 N–H and O–H groups in total. The number of fused-ring (bicyclic) bond motifs is 1. The molecule has 8 heteroatoms. The van der Waals surface area contributed by atoms with Crippen LogP contribution in [-0.2, 0) is 16.4 Å². The first-order valence-electron chi connectivity index (χ1n) is 10.5. The lowest BCUT2D eigenvalue weighted by molar-refractivity contribution is 0.0953. The Labute approximate surface area is 197 Å². The zero-order valence-corrected chi connectivity index (χ0v) is 19.4. The van der Waals surface area contributed by atoms with Crippen LogP contribution in [0.4, 0.5) is 5.69 Å². The van der Waals surface area contributed by atoms with Crippen LogP contribution in [0.2, 0.25) is 0 Å². The number of sulfonamides is 1. The van der Waals surface area contributed by atoms with Crippen molar-refractivity contribution in [2.75, 3.05) is 11.3 Å². The fraction of sp³-hybridized carbons (Fsp3) is 0.120. The van der Waals surface area contributed by atoms with Crippen molar-refractivity contribution < 1.29 is 13.2 Å². The molecule has 168 valence electrons. The van der Waals surface area contributed by atoms with Gasteiger partial charge in [-0.1, -0.05) is 42.5 Å². The SMILES string of the molecule is O=C(NCCCc1nc2ccccc2s1)c1ccc(NS(=O)(=O)/C=C/c2ccccc2)cc1. The summed E-state index contributed by atoms with van der Waals surface area (Å²) in [5.41, 5.74) is 2.66. The predicted molar refractivity (Wildman–Crippen MR) is 135 cm³/mol. The van der Waals surface area contributed by atoms with Crippen molar-refractivity contribution in [2.45, 2.75) is 12.8 Å². The van der Waals surface area contributed by atoms with E-state index < -0.39 is 10.0 Å². The molecular formula is C25H23N3O3S2. The third kappa shape index (κ3) is 6.50. The topological polar surface area (TPSA) is 88.2 Å². The number of hydrogen-bond donors (Lipinski definition) is 2. The molecule has 0 aliphatic heterocycles. The molecule has 0 atom stereocenters. The van der Waals surface area contributed by atoms with Crippen LogP contribution in [0.15, 0.2) is 84.3 Å². The lowest BCUT2D eigenvalue weighted by Crippen LogP contribution is -2.24. The third-order valence-corrected chi connectivity index (χ3v) is 6.95. The maximum absolute atomic E-state index is 12.4. The van der Waals surface area contributed by atoms with Crippen molar-refractivity contribution in [2.24, 2.45) is 0 Å². The van der Waals surface area contributed by atoms with E-state index in [1.54, 1.807) is 35.6 Å². The van der Waals surface area contributed by atoms with Gasteiger partial charge >= 0.3 is 0 Å². The summed E-state index contributed by atoms with van der Waals surface area (Å²) < 4.78 is 28.2. The van der Waals surface area contributed by atoms with Gasteiger partial charge in [0.05, 0.1) is 20.6 Å². The summed E-state index contributed by atoms with van der Waals surface area (Å²) in [6.07, 6.45) is 3.12. The molecule has 6 nitrogen and oxygen atoms in total. The number of para-hydroxylation sites is 1. The number of anilines is 1. The lowest BCUT2D eigenvalue weighted by atomic mass is 10.2. The van der Waals surface area contributed by atoms with Crippen LogP contribution in [0.5, 0.6) is 0 Å². The first kappa shape index (κ1) is 22.7. The number of aryl methyl sites for hydroxylation is 1. The summed E-state index contributed by atoms with van der Waals surface area (Å²) in [6, 6.07) is 23.6. The van der Waals surface area contributed by atoms with Gasteiger partial charge in [-0.2, -0.15) is 0 Å². The van der Waals surface area contributed by atoms with Crippen molar-refractivity contribution in [1.29, 1.82) is 0 Å². The zero-order chi connectivity index (χ0) is 23.1. The smallest absolute Gasteiger partial charge is 0.255 e. The molecular weight excluding hydrogens is 454 g/mol. The predicted octanol–water partition coefficient (Wildman–Crippen LogP) is 5.07. The van der Waals surface area contributed by atoms with Crippen molar-refractivity contribution in [3.63, 3.8) is 0 Å². The zero-order valence-electron chi connectivity index (χ0n) is 17.8. The number of carbonyl (C=O) groups is 1. The van der Waals surface area contributed by atoms with Gasteiger partial charge in [-0.25, -0.2) is 13.4 Å². The second-order valence-corrected chi connectivity index (χ2v) is 10.1. The summed E-state index contributed by atoms with van der Waals surface area (Å²) in [7, 11) is -3.66. The van der Waals surface area contributed by atoms with E-state index in [2.05, 4.69) is 21.1 Å². The average molecular weight is 478 g/mol. The van der Waals surface area contributed by atoms with E-state index in [4.69, 9.17) is 0 Å². The minimum absolute atomic E-state index is 0.197. The van der Waals surface area contributed by atoms with E-state index in [1.165, 1.54) is 10.8 Å². The van der Waals surface area contributed by atoms with E-state index in [0.29, 0.717) is 17.8 Å². The fourth-order valence-electron chi connectivity index (χ4n) is 3.19. The monoisotopic (exact) mass is 477 g/mol. The third-order valence-electron chi connectivity index (χ3n) is 4.84. The summed E-state index contributed by atoms with van der Waals surface area (Å²) in [5, 5.41) is 5.08. The summed E-state index contributed by atoms with van der Waals surface area (Å²) in [4.78, 5) is 17.0. The van der Waals surface area contributed by atoms with Crippen LogP contribution in [0, 0.1) is 0 Å². The second kappa shape index (κ2) is 10.4. The van der Waals surface area contributed by atoms with Crippen molar-refractivity contribution in [3.8, 4) is 0 Å². The number of carbonyl (C=O) groups excluding carboxylic acids is 1. The van der Waals surface area contributed by atoms with Crippen molar-refractivity contribution in [3.05, 3.63) is 100 Å². The van der Waals surface area contributed by atoms with Gasteiger partial charge in [0.2, 0.25) is 0 Å². The molecule has 0 saturated heterocycles. The highest BCUT2D eigenvalue weighted by molar-refractivity contribution is 7.95. The largest absolute Gasteiger partial charge is 0.352 e. The van der Waals surface area contributed by atoms with Gasteiger partial charge in [0.1, 0.15) is 0 Å². The molecule has 0 bridgehead atoms. The van der Waals surface area contributed by atoms with Gasteiger partial charge in [-0.05, 0) is 54.5 Å². The van der Waals surface area contributed by atoms with Gasteiger partial charge in [0, 0.05) is 24.2 Å². The lowest BCUT2D eigenvalue weighted by Gasteiger charge is -2.07. The first-order valence-corrected chi connectivity index (χ1v) is 12.8. The van der Waals surface area contributed by atoms with Gasteiger partial charge in [-0.3, -0.25) is 9.52 Å². The van der Waals surface area contributed by atoms with E-state index >= 15 is 0 Å². The number of amides is 1. The van der Waals surface area contributed by atoms with Crippen LogP contribution in [0.3, 0.4) is 0 Å². The molecule has 3 aromatic carbocycles. The second-order valence-electron chi connectivity index (χ2n) is 7.37. The Morgan fingerprint density at radius 3 is 2.42 bits per heavy atom. The number of benzene rings is 3. The molecule has 4 aromatic rings. The molecule has 0 radical (unpaired) electrons. The molecule has 4 rings (SSSR count). The molecule has 0 spiro atoms. The Morgan fingerprint density at radius 2 is 1.67 bits per heavy atom. The molecule has 0 aliphatic rings. The van der Waals surface area contributed by atoms with Crippen LogP contribution < -0.4 is 10.0 Å². The fourth-order valence-corrected chi connectivity index (χ4v) is 5.07. The Hall–Kier alpha value is -3.49. The van der Waals surface area contributed by atoms with Gasteiger partial charge in [0.15, 0.2) is 0 Å². The minimum atomic E-state index is -3.66. The maximum Gasteiger partial charge on any atom is 0.255 e. The average Bonchev–Trinajstić information content (AvgIpc) is 3.24. The molecule has 1 amide bonds. The van der Waals surface area contributed by atoms with Crippen molar-refractivity contribution in [1.82, 2.24) is 10.3 Å². The van der Waals surface area contributed by atoms with Gasteiger partial charge < -0.3 is 5.32 Å². The molecule has 1 heterocycles. The highest BCUT2D eigenvalue weighted by atomic mass is 32.2. The summed E-state index contributed by atoms with van der Waals surface area (Å²) in [5.74, 6) is -0.197. The molecule has 0 saturated carbocycles. The van der Waals surface area contributed by atoms with E-state index in [1.807, 2.05) is 48.5 Å². The number of thiazole rings is 1. The minimum Gasteiger partial charge on any atom is -0.352 e. The molecule has 0 unspecified atom stereocenters. The maximum atomic E-state index is 12.4. The summed E-state index contributed by atoms with van der Waals surface area (Å²) in [6.45, 7) is 0.535. The van der Waals surface area contributed by atoms with E-state index in [9.17, 15) is 13.2 Å². The normalized spacial score (nSPS) is 11.6. The first-order chi connectivity index (χ1) is 16.0. The number of hydrogen-bond acceptors (Lipinski definition) is 5. The standard InChI is InChI=1S/C25H23N3O3S2/c29-25(26-17-6-11-24-27-22-9-4-5-10-23(22)32-24)20-12-14-21(15-13-20)28-33(30,31)18-16-19-7-2-1-3-8-19/h1-5,7-10,12-16,18,28H,6,11,17H2,(H,26,29)/b18-16+. The Balaban J connectivity index is 1.25. The van der Waals surface area contributed by atoms with Crippen LogP contribution in [-0.4, -0.2) is 25.9 Å². The number of rotatable bonds is 9. The number of nitrogens with one attached hydrogen (secondary N) is 2. The van der Waals surface area contributed by atoms with E-state index in [0.717, 1.165) is 34.3 Å². The van der Waals surface area contributed by atoms with Gasteiger partial charge in [-0.15, -0.1) is 11.3 Å². The molecule has 0 fully saturated rings. The molecule has 0 aliphatic carbocycles. The Kier molecular flexibility index (Phi) is 7.16. The van der Waals surface area contributed by atoms with E-state index in [-0.39, 0.29) is 5.91 Å². The summed E-state index contributed by atoms with van der Waals surface area (Å²) >= 11 is 1.68. The van der Waals surface area contributed by atoms with Crippen molar-refractivity contribution >= 4 is 49.2 Å². The van der Waals surface area contributed by atoms with Crippen LogP contribution in [0.25, 0.3) is 16.3 Å². The molecule has 33 heavy (non-hydrogen) atoms. The Morgan fingerprint density at radius 1 is 0.939 bits per heavy atom. The quantitative estimate of drug-likeness (QED) is 0.329. The highest BCUT2D eigenvalue weighted by Gasteiger charge is 2.09. The number of aromatic nitrogens is 1. The molecule has 1 aromatic heterocycles. The van der Waals surface area contributed by atoms with Crippen LogP contribution in [0.1, 0.15) is 27.3 Å². The number of nitrogens with zero attached hydrogens (tertiary/aromatic N) is 1. The van der Waals surface area contributed by atoms with Crippen LogP contribution >= 0.6 is 11.3 Å².